The van der Waals surface area contributed by atoms with Gasteiger partial charge in [-0.25, -0.2) is 4.79 Å². The largest absolute Gasteiger partial charge is 0.420 e. The summed E-state index contributed by atoms with van der Waals surface area (Å²) in [6.07, 6.45) is 6.82. The van der Waals surface area contributed by atoms with Gasteiger partial charge in [-0.15, -0.1) is 12.4 Å². The van der Waals surface area contributed by atoms with Crippen LogP contribution in [0.2, 0.25) is 0 Å². The lowest BCUT2D eigenvalue weighted by Gasteiger charge is -2.48. The Morgan fingerprint density at radius 1 is 1.21 bits per heavy atom. The van der Waals surface area contributed by atoms with Crippen LogP contribution in [0.3, 0.4) is 0 Å². The maximum atomic E-state index is 12.4. The van der Waals surface area contributed by atoms with Crippen molar-refractivity contribution >= 4 is 23.5 Å². The lowest BCUT2D eigenvalue weighted by atomic mass is 9.79. The Balaban J connectivity index is 0.00000225. The van der Waals surface area contributed by atoms with Crippen LogP contribution in [-0.4, -0.2) is 41.3 Å². The van der Waals surface area contributed by atoms with Crippen molar-refractivity contribution in [2.75, 3.05) is 20.2 Å². The molecule has 7 heteroatoms. The molecule has 0 radical (unpaired) electrons. The lowest BCUT2D eigenvalue weighted by Crippen LogP contribution is -2.52. The number of nitrogens with zero attached hydrogens (tertiary/aromatic N) is 3. The average molecular weight is 406 g/mol. The number of nitriles is 1. The molecule has 2 heterocycles. The van der Waals surface area contributed by atoms with Gasteiger partial charge in [-0.2, -0.15) is 5.26 Å². The van der Waals surface area contributed by atoms with E-state index in [1.165, 1.54) is 0 Å². The normalized spacial score (nSPS) is 26.7. The number of oxazole rings is 1. The van der Waals surface area contributed by atoms with Crippen LogP contribution >= 0.6 is 12.4 Å². The van der Waals surface area contributed by atoms with Crippen molar-refractivity contribution in [2.24, 2.45) is 0 Å². The maximum absolute atomic E-state index is 12.4. The first-order valence-corrected chi connectivity index (χ1v) is 9.87. The van der Waals surface area contributed by atoms with Crippen LogP contribution in [0, 0.1) is 11.3 Å². The quantitative estimate of drug-likeness (QED) is 0.775. The second kappa shape index (κ2) is 8.28. The van der Waals surface area contributed by atoms with Gasteiger partial charge in [-0.05, 0) is 63.6 Å². The Bertz CT molecular complexity index is 913. The fraction of sp³-hybridized carbons (Fsp3) is 0.619. The predicted octanol–water partition coefficient (Wildman–Crippen LogP) is 3.87. The molecule has 0 N–H and O–H groups in total. The monoisotopic (exact) mass is 405 g/mol. The molecule has 4 rings (SSSR count). The topological polar surface area (TPSA) is 71.4 Å². The van der Waals surface area contributed by atoms with E-state index in [2.05, 4.69) is 17.9 Å². The highest BCUT2D eigenvalue weighted by molar-refractivity contribution is 5.85. The van der Waals surface area contributed by atoms with Crippen LogP contribution in [-0.2, 0) is 4.74 Å². The molecule has 1 aliphatic carbocycles. The number of hydrogen-bond donors (Lipinski definition) is 0. The van der Waals surface area contributed by atoms with E-state index in [-0.39, 0.29) is 29.7 Å². The number of methoxy groups -OCH3 is 1. The summed E-state index contributed by atoms with van der Waals surface area (Å²) in [4.78, 5) is 15.0. The lowest BCUT2D eigenvalue weighted by molar-refractivity contribution is -0.0147. The molecule has 2 aliphatic rings. The van der Waals surface area contributed by atoms with Gasteiger partial charge in [0.05, 0.1) is 23.3 Å². The molecule has 0 unspecified atom stereocenters. The third kappa shape index (κ3) is 3.71. The molecule has 0 atom stereocenters. The van der Waals surface area contributed by atoms with Gasteiger partial charge < -0.3 is 9.15 Å². The molecule has 1 saturated carbocycles. The maximum Gasteiger partial charge on any atom is 0.420 e. The van der Waals surface area contributed by atoms with Crippen molar-refractivity contribution in [2.45, 2.75) is 63.1 Å². The Morgan fingerprint density at radius 3 is 2.50 bits per heavy atom. The van der Waals surface area contributed by atoms with Gasteiger partial charge in [0.15, 0.2) is 5.58 Å². The zero-order valence-electron chi connectivity index (χ0n) is 16.5. The van der Waals surface area contributed by atoms with Crippen LogP contribution in [0.25, 0.3) is 11.1 Å². The number of halogens is 1. The van der Waals surface area contributed by atoms with E-state index in [1.807, 2.05) is 7.11 Å². The van der Waals surface area contributed by atoms with Crippen LogP contribution in [0.1, 0.15) is 57.1 Å². The minimum Gasteiger partial charge on any atom is -0.408 e. The van der Waals surface area contributed by atoms with Gasteiger partial charge in [0.25, 0.3) is 0 Å². The fourth-order valence-electron chi connectivity index (χ4n) is 4.88. The Hall–Kier alpha value is -1.81. The van der Waals surface area contributed by atoms with E-state index in [9.17, 15) is 4.79 Å². The van der Waals surface area contributed by atoms with Crippen molar-refractivity contribution in [3.8, 4) is 6.07 Å². The van der Waals surface area contributed by atoms with Gasteiger partial charge in [0.1, 0.15) is 0 Å². The molecule has 1 saturated heterocycles. The molecule has 2 fully saturated rings. The van der Waals surface area contributed by atoms with Crippen molar-refractivity contribution in [3.05, 3.63) is 34.3 Å². The number of piperidine rings is 1. The molecule has 0 amide bonds. The van der Waals surface area contributed by atoms with Gasteiger partial charge >= 0.3 is 5.76 Å². The number of fused-ring (bicyclic) bond motifs is 1. The Kier molecular flexibility index (Phi) is 6.18. The van der Waals surface area contributed by atoms with Gasteiger partial charge in [0, 0.05) is 31.8 Å². The second-order valence-electron chi connectivity index (χ2n) is 8.18. The number of rotatable bonds is 3. The molecule has 1 aliphatic heterocycles. The first-order chi connectivity index (χ1) is 13.0. The molecule has 1 aromatic carbocycles. The molecule has 0 spiro atoms. The SMILES string of the molecule is COC1CCC(C)(N2CCC(n3c(=O)oc4ccc(C#N)cc43)CC2)CC1.Cl. The second-order valence-corrected chi connectivity index (χ2v) is 8.18. The van der Waals surface area contributed by atoms with E-state index in [4.69, 9.17) is 14.4 Å². The smallest absolute Gasteiger partial charge is 0.408 e. The average Bonchev–Trinajstić information content (AvgIpc) is 3.03. The van der Waals surface area contributed by atoms with Gasteiger partial charge in [-0.3, -0.25) is 9.47 Å². The summed E-state index contributed by atoms with van der Waals surface area (Å²) < 4.78 is 12.7. The van der Waals surface area contributed by atoms with Crippen molar-refractivity contribution in [1.82, 2.24) is 9.47 Å². The highest BCUT2D eigenvalue weighted by atomic mass is 35.5. The van der Waals surface area contributed by atoms with E-state index in [1.54, 1.807) is 22.8 Å². The summed E-state index contributed by atoms with van der Waals surface area (Å²) in [5.74, 6) is -0.314. The number of aromatic nitrogens is 1. The first-order valence-electron chi connectivity index (χ1n) is 9.87. The third-order valence-corrected chi connectivity index (χ3v) is 6.68. The Morgan fingerprint density at radius 2 is 1.89 bits per heavy atom. The van der Waals surface area contributed by atoms with E-state index in [0.717, 1.165) is 57.1 Å². The summed E-state index contributed by atoms with van der Waals surface area (Å²) in [6.45, 7) is 4.34. The Labute approximate surface area is 171 Å². The number of benzene rings is 1. The van der Waals surface area contributed by atoms with Crippen molar-refractivity contribution in [1.29, 1.82) is 5.26 Å². The number of hydrogen-bond acceptors (Lipinski definition) is 5. The minimum absolute atomic E-state index is 0. The van der Waals surface area contributed by atoms with Crippen LogP contribution in [0.15, 0.2) is 27.4 Å². The molecule has 6 nitrogen and oxygen atoms in total. The summed E-state index contributed by atoms with van der Waals surface area (Å²) in [5, 5.41) is 9.17. The summed E-state index contributed by atoms with van der Waals surface area (Å²) >= 11 is 0. The summed E-state index contributed by atoms with van der Waals surface area (Å²) in [6, 6.07) is 7.45. The third-order valence-electron chi connectivity index (χ3n) is 6.68. The van der Waals surface area contributed by atoms with Crippen LogP contribution in [0.5, 0.6) is 0 Å². The summed E-state index contributed by atoms with van der Waals surface area (Å²) in [5.41, 5.74) is 2.09. The number of likely N-dealkylation sites (tertiary alicyclic amines) is 1. The highest BCUT2D eigenvalue weighted by Gasteiger charge is 2.38. The first kappa shape index (κ1) is 20.9. The molecule has 152 valence electrons. The van der Waals surface area contributed by atoms with E-state index < -0.39 is 0 Å². The molecule has 28 heavy (non-hydrogen) atoms. The van der Waals surface area contributed by atoms with Crippen molar-refractivity contribution < 1.29 is 9.15 Å². The zero-order chi connectivity index (χ0) is 19.0. The van der Waals surface area contributed by atoms with E-state index in [0.29, 0.717) is 17.3 Å². The number of ether oxygens (including phenoxy) is 1. The molecular formula is C21H28ClN3O3. The van der Waals surface area contributed by atoms with Gasteiger partial charge in [-0.1, -0.05) is 0 Å². The van der Waals surface area contributed by atoms with Crippen molar-refractivity contribution in [3.63, 3.8) is 0 Å². The fourth-order valence-corrected chi connectivity index (χ4v) is 4.88. The standard InChI is InChI=1S/C21H27N3O3.ClH/c1-21(9-5-17(26-2)6-10-21)23-11-7-16(8-12-23)24-18-13-15(14-22)3-4-19(18)27-20(24)25;/h3-4,13,16-17H,5-12H2,1-2H3;1H. The van der Waals surface area contributed by atoms with Crippen LogP contribution in [0.4, 0.5) is 0 Å². The minimum atomic E-state index is -0.314. The molecule has 1 aromatic heterocycles. The summed E-state index contributed by atoms with van der Waals surface area (Å²) in [7, 11) is 1.81. The van der Waals surface area contributed by atoms with E-state index >= 15 is 0 Å². The highest BCUT2D eigenvalue weighted by Crippen LogP contribution is 2.37. The molecule has 2 aromatic rings. The van der Waals surface area contributed by atoms with Crippen LogP contribution < -0.4 is 5.76 Å². The molecular weight excluding hydrogens is 378 g/mol. The molecule has 0 bridgehead atoms. The van der Waals surface area contributed by atoms with Gasteiger partial charge in [0.2, 0.25) is 0 Å². The zero-order valence-corrected chi connectivity index (χ0v) is 17.3. The predicted molar refractivity (Wildman–Crippen MR) is 110 cm³/mol.